The van der Waals surface area contributed by atoms with Crippen LogP contribution in [0.5, 0.6) is 0 Å². The van der Waals surface area contributed by atoms with Gasteiger partial charge in [-0.1, -0.05) is 30.3 Å². The van der Waals surface area contributed by atoms with Crippen LogP contribution in [0.2, 0.25) is 0 Å². The number of hydrogen-bond acceptors (Lipinski definition) is 4. The summed E-state index contributed by atoms with van der Waals surface area (Å²) >= 11 is 0. The molecule has 1 atom stereocenters. The third kappa shape index (κ3) is 2.64. The van der Waals surface area contributed by atoms with Crippen LogP contribution < -0.4 is 4.90 Å². The summed E-state index contributed by atoms with van der Waals surface area (Å²) in [6.45, 7) is 3.09. The van der Waals surface area contributed by atoms with Crippen molar-refractivity contribution in [2.45, 2.75) is 6.10 Å². The fourth-order valence-corrected chi connectivity index (χ4v) is 2.24. The van der Waals surface area contributed by atoms with E-state index in [4.69, 9.17) is 9.15 Å². The lowest BCUT2D eigenvalue weighted by atomic mass is 10.1. The van der Waals surface area contributed by atoms with Crippen LogP contribution in [-0.4, -0.2) is 31.4 Å². The summed E-state index contributed by atoms with van der Waals surface area (Å²) in [7, 11) is 0. The first kappa shape index (κ1) is 12.3. The van der Waals surface area contributed by atoms with Gasteiger partial charge in [-0.3, -0.25) is 0 Å². The molecule has 2 heterocycles. The van der Waals surface area contributed by atoms with Crippen molar-refractivity contribution in [3.63, 3.8) is 0 Å². The van der Waals surface area contributed by atoms with Crippen LogP contribution in [-0.2, 0) is 4.74 Å². The van der Waals surface area contributed by atoms with Crippen molar-refractivity contribution in [1.82, 2.24) is 0 Å². The van der Waals surface area contributed by atoms with Crippen molar-refractivity contribution >= 4 is 5.88 Å². The predicted molar refractivity (Wildman–Crippen MR) is 72.2 cm³/mol. The minimum Gasteiger partial charge on any atom is -0.442 e. The molecule has 19 heavy (non-hydrogen) atoms. The molecule has 1 aliphatic rings. The molecule has 1 fully saturated rings. The third-order valence-corrected chi connectivity index (χ3v) is 3.32. The molecule has 1 aliphatic heterocycles. The number of aliphatic hydroxyl groups excluding tert-OH is 1. The van der Waals surface area contributed by atoms with E-state index >= 15 is 0 Å². The zero-order valence-electron chi connectivity index (χ0n) is 10.7. The summed E-state index contributed by atoms with van der Waals surface area (Å²) in [4.78, 5) is 2.13. The van der Waals surface area contributed by atoms with Crippen molar-refractivity contribution in [1.29, 1.82) is 0 Å². The lowest BCUT2D eigenvalue weighted by Gasteiger charge is -2.26. The number of furan rings is 1. The highest BCUT2D eigenvalue weighted by Gasteiger charge is 2.18. The van der Waals surface area contributed by atoms with E-state index in [0.29, 0.717) is 5.76 Å². The van der Waals surface area contributed by atoms with E-state index in [1.165, 1.54) is 0 Å². The molecule has 1 unspecified atom stereocenters. The van der Waals surface area contributed by atoms with Crippen molar-refractivity contribution in [2.75, 3.05) is 31.2 Å². The fourth-order valence-electron chi connectivity index (χ4n) is 2.24. The Balaban J connectivity index is 1.77. The molecule has 1 aromatic carbocycles. The molecule has 0 radical (unpaired) electrons. The normalized spacial score (nSPS) is 17.4. The van der Waals surface area contributed by atoms with Gasteiger partial charge in [0.1, 0.15) is 11.9 Å². The summed E-state index contributed by atoms with van der Waals surface area (Å²) in [6.07, 6.45) is -0.712. The Morgan fingerprint density at radius 2 is 1.74 bits per heavy atom. The van der Waals surface area contributed by atoms with E-state index in [0.717, 1.165) is 37.8 Å². The maximum atomic E-state index is 10.3. The zero-order chi connectivity index (χ0) is 13.1. The Kier molecular flexibility index (Phi) is 3.53. The average Bonchev–Trinajstić information content (AvgIpc) is 2.98. The van der Waals surface area contributed by atoms with E-state index in [-0.39, 0.29) is 0 Å². The quantitative estimate of drug-likeness (QED) is 0.918. The molecule has 1 N–H and O–H groups in total. The first-order valence-corrected chi connectivity index (χ1v) is 6.50. The van der Waals surface area contributed by atoms with Gasteiger partial charge in [0.2, 0.25) is 0 Å². The van der Waals surface area contributed by atoms with Gasteiger partial charge in [-0.25, -0.2) is 0 Å². The highest BCUT2D eigenvalue weighted by atomic mass is 16.5. The molecule has 1 saturated heterocycles. The molecule has 0 saturated carbocycles. The van der Waals surface area contributed by atoms with Crippen molar-refractivity contribution in [3.8, 4) is 0 Å². The molecule has 4 heteroatoms. The van der Waals surface area contributed by atoms with E-state index in [2.05, 4.69) is 4.90 Å². The highest BCUT2D eigenvalue weighted by Crippen LogP contribution is 2.27. The number of rotatable bonds is 3. The second-order valence-corrected chi connectivity index (χ2v) is 4.59. The van der Waals surface area contributed by atoms with Gasteiger partial charge in [0, 0.05) is 19.2 Å². The zero-order valence-corrected chi connectivity index (χ0v) is 10.7. The molecule has 4 nitrogen and oxygen atoms in total. The smallest absolute Gasteiger partial charge is 0.195 e. The van der Waals surface area contributed by atoms with Crippen LogP contribution in [0, 0.1) is 0 Å². The van der Waals surface area contributed by atoms with Gasteiger partial charge in [0.25, 0.3) is 0 Å². The maximum absolute atomic E-state index is 10.3. The standard InChI is InChI=1S/C15H17NO3/c17-15(12-4-2-1-3-5-12)13-6-7-14(19-13)16-8-10-18-11-9-16/h1-7,15,17H,8-11H2. The van der Waals surface area contributed by atoms with Gasteiger partial charge in [-0.15, -0.1) is 0 Å². The van der Waals surface area contributed by atoms with Crippen LogP contribution in [0.1, 0.15) is 17.4 Å². The lowest BCUT2D eigenvalue weighted by Crippen LogP contribution is -2.35. The molecular weight excluding hydrogens is 242 g/mol. The second-order valence-electron chi connectivity index (χ2n) is 4.59. The summed E-state index contributed by atoms with van der Waals surface area (Å²) in [5.74, 6) is 1.38. The molecule has 0 bridgehead atoms. The predicted octanol–water partition coefficient (Wildman–Crippen LogP) is 2.20. The second kappa shape index (κ2) is 5.47. The molecule has 3 rings (SSSR count). The van der Waals surface area contributed by atoms with Gasteiger partial charge in [-0.2, -0.15) is 0 Å². The average molecular weight is 259 g/mol. The topological polar surface area (TPSA) is 45.8 Å². The van der Waals surface area contributed by atoms with Gasteiger partial charge >= 0.3 is 0 Å². The summed E-state index contributed by atoms with van der Waals surface area (Å²) in [5, 5.41) is 10.3. The van der Waals surface area contributed by atoms with Crippen molar-refractivity contribution in [3.05, 3.63) is 53.8 Å². The molecular formula is C15H17NO3. The number of morpholine rings is 1. The Morgan fingerprint density at radius 1 is 1.00 bits per heavy atom. The van der Waals surface area contributed by atoms with Crippen molar-refractivity contribution < 1.29 is 14.3 Å². The number of benzene rings is 1. The first-order valence-electron chi connectivity index (χ1n) is 6.50. The van der Waals surface area contributed by atoms with Gasteiger partial charge in [0.15, 0.2) is 5.88 Å². The Morgan fingerprint density at radius 3 is 2.47 bits per heavy atom. The number of aliphatic hydroxyl groups is 1. The first-order chi connectivity index (χ1) is 9.34. The van der Waals surface area contributed by atoms with Crippen LogP contribution in [0.25, 0.3) is 0 Å². The molecule has 0 aliphatic carbocycles. The summed E-state index contributed by atoms with van der Waals surface area (Å²) < 4.78 is 11.1. The van der Waals surface area contributed by atoms with Gasteiger partial charge in [-0.05, 0) is 11.6 Å². The van der Waals surface area contributed by atoms with E-state index in [1.807, 2.05) is 42.5 Å². The Bertz CT molecular complexity index is 517. The molecule has 100 valence electrons. The minimum absolute atomic E-state index is 0.577. The van der Waals surface area contributed by atoms with Gasteiger partial charge < -0.3 is 19.2 Å². The number of anilines is 1. The summed E-state index contributed by atoms with van der Waals surface area (Å²) in [6, 6.07) is 13.3. The monoisotopic (exact) mass is 259 g/mol. The Labute approximate surface area is 112 Å². The van der Waals surface area contributed by atoms with E-state index in [1.54, 1.807) is 0 Å². The largest absolute Gasteiger partial charge is 0.442 e. The molecule has 0 amide bonds. The molecule has 0 spiro atoms. The number of nitrogens with zero attached hydrogens (tertiary/aromatic N) is 1. The van der Waals surface area contributed by atoms with Crippen LogP contribution in [0.3, 0.4) is 0 Å². The van der Waals surface area contributed by atoms with Crippen molar-refractivity contribution in [2.24, 2.45) is 0 Å². The van der Waals surface area contributed by atoms with Crippen LogP contribution >= 0.6 is 0 Å². The third-order valence-electron chi connectivity index (χ3n) is 3.32. The van der Waals surface area contributed by atoms with E-state index in [9.17, 15) is 5.11 Å². The SMILES string of the molecule is OC(c1ccccc1)c1ccc(N2CCOCC2)o1. The van der Waals surface area contributed by atoms with Crippen LogP contribution in [0.4, 0.5) is 5.88 Å². The fraction of sp³-hybridized carbons (Fsp3) is 0.333. The number of hydrogen-bond donors (Lipinski definition) is 1. The van der Waals surface area contributed by atoms with E-state index < -0.39 is 6.10 Å². The summed E-state index contributed by atoms with van der Waals surface area (Å²) in [5.41, 5.74) is 0.838. The van der Waals surface area contributed by atoms with Crippen LogP contribution in [0.15, 0.2) is 46.9 Å². The van der Waals surface area contributed by atoms with Gasteiger partial charge in [0.05, 0.1) is 13.2 Å². The molecule has 2 aromatic rings. The lowest BCUT2D eigenvalue weighted by molar-refractivity contribution is 0.120. The number of ether oxygens (including phenoxy) is 1. The Hall–Kier alpha value is -1.78. The maximum Gasteiger partial charge on any atom is 0.195 e. The molecule has 1 aromatic heterocycles. The highest BCUT2D eigenvalue weighted by molar-refractivity contribution is 5.38. The minimum atomic E-state index is -0.712.